The molecular weight excluding hydrogens is 358 g/mol. The standard InChI is InChI=1S/C14H20BrNO4S/c15-11-2-1-3-14(8-11)20-10-13(17)9-16-12-4-6-21(18,19)7-5-12/h1-3,8,12-13,16-17H,4-7,9-10H2. The summed E-state index contributed by atoms with van der Waals surface area (Å²) in [6.07, 6.45) is 0.603. The smallest absolute Gasteiger partial charge is 0.150 e. The Balaban J connectivity index is 1.67. The highest BCUT2D eigenvalue weighted by Gasteiger charge is 2.23. The van der Waals surface area contributed by atoms with Gasteiger partial charge in [0.25, 0.3) is 0 Å². The van der Waals surface area contributed by atoms with Crippen LogP contribution >= 0.6 is 15.9 Å². The SMILES string of the molecule is O=S1(=O)CCC(NCC(O)COc2cccc(Br)c2)CC1. The minimum absolute atomic E-state index is 0.161. The van der Waals surface area contributed by atoms with Crippen LogP contribution in [0.1, 0.15) is 12.8 Å². The largest absolute Gasteiger partial charge is 0.491 e. The normalized spacial score (nSPS) is 20.1. The topological polar surface area (TPSA) is 75.6 Å². The summed E-state index contributed by atoms with van der Waals surface area (Å²) in [7, 11) is -2.84. The van der Waals surface area contributed by atoms with E-state index in [-0.39, 0.29) is 24.2 Å². The summed E-state index contributed by atoms with van der Waals surface area (Å²) in [5.41, 5.74) is 0. The predicted octanol–water partition coefficient (Wildman–Crippen LogP) is 1.36. The highest BCUT2D eigenvalue weighted by molar-refractivity contribution is 9.10. The van der Waals surface area contributed by atoms with Crippen LogP contribution in [-0.4, -0.2) is 50.3 Å². The van der Waals surface area contributed by atoms with E-state index in [1.165, 1.54) is 0 Å². The maximum absolute atomic E-state index is 11.3. The van der Waals surface area contributed by atoms with E-state index in [1.807, 2.05) is 24.3 Å². The second-order valence-corrected chi connectivity index (χ2v) is 8.48. The second-order valence-electron chi connectivity index (χ2n) is 5.26. The Morgan fingerprint density at radius 1 is 1.38 bits per heavy atom. The summed E-state index contributed by atoms with van der Waals surface area (Å²) in [6.45, 7) is 0.604. The van der Waals surface area contributed by atoms with Crippen LogP contribution < -0.4 is 10.1 Å². The number of hydrogen-bond acceptors (Lipinski definition) is 5. The third kappa shape index (κ3) is 5.94. The molecule has 0 radical (unpaired) electrons. The average Bonchev–Trinajstić information content (AvgIpc) is 2.44. The van der Waals surface area contributed by atoms with Gasteiger partial charge >= 0.3 is 0 Å². The lowest BCUT2D eigenvalue weighted by molar-refractivity contribution is 0.103. The van der Waals surface area contributed by atoms with E-state index in [0.29, 0.717) is 25.1 Å². The molecule has 1 aliphatic rings. The van der Waals surface area contributed by atoms with E-state index in [1.54, 1.807) is 0 Å². The molecule has 2 N–H and O–H groups in total. The van der Waals surface area contributed by atoms with Crippen molar-refractivity contribution in [3.63, 3.8) is 0 Å². The highest BCUT2D eigenvalue weighted by Crippen LogP contribution is 2.18. The number of sulfone groups is 1. The van der Waals surface area contributed by atoms with Gasteiger partial charge in [0.1, 0.15) is 28.3 Å². The first-order chi connectivity index (χ1) is 9.94. The van der Waals surface area contributed by atoms with Crippen LogP contribution in [0.5, 0.6) is 5.75 Å². The van der Waals surface area contributed by atoms with Gasteiger partial charge in [-0.1, -0.05) is 22.0 Å². The van der Waals surface area contributed by atoms with Crippen molar-refractivity contribution in [1.82, 2.24) is 5.32 Å². The number of aliphatic hydroxyl groups excluding tert-OH is 1. The molecule has 0 amide bonds. The van der Waals surface area contributed by atoms with Gasteiger partial charge in [0, 0.05) is 17.1 Å². The molecule has 1 fully saturated rings. The van der Waals surface area contributed by atoms with Gasteiger partial charge in [-0.15, -0.1) is 0 Å². The van der Waals surface area contributed by atoms with Gasteiger partial charge in [0.05, 0.1) is 11.5 Å². The molecule has 0 aromatic heterocycles. The Morgan fingerprint density at radius 3 is 2.76 bits per heavy atom. The summed E-state index contributed by atoms with van der Waals surface area (Å²) in [6, 6.07) is 7.60. The third-order valence-electron chi connectivity index (χ3n) is 3.44. The van der Waals surface area contributed by atoms with E-state index in [9.17, 15) is 13.5 Å². The summed E-state index contributed by atoms with van der Waals surface area (Å²) >= 11 is 3.36. The zero-order chi connectivity index (χ0) is 15.3. The van der Waals surface area contributed by atoms with Crippen LogP contribution in [0, 0.1) is 0 Å². The quantitative estimate of drug-likeness (QED) is 0.782. The van der Waals surface area contributed by atoms with Crippen LogP contribution in [0.25, 0.3) is 0 Å². The molecule has 1 aromatic carbocycles. The van der Waals surface area contributed by atoms with Gasteiger partial charge in [-0.3, -0.25) is 0 Å². The number of halogens is 1. The lowest BCUT2D eigenvalue weighted by Crippen LogP contribution is -2.42. The first-order valence-electron chi connectivity index (χ1n) is 6.95. The molecule has 118 valence electrons. The molecule has 0 saturated carbocycles. The van der Waals surface area contributed by atoms with Crippen molar-refractivity contribution >= 4 is 25.8 Å². The third-order valence-corrected chi connectivity index (χ3v) is 5.64. The van der Waals surface area contributed by atoms with E-state index in [0.717, 1.165) is 4.47 Å². The van der Waals surface area contributed by atoms with E-state index in [2.05, 4.69) is 21.2 Å². The summed E-state index contributed by atoms with van der Waals surface area (Å²) in [5.74, 6) is 1.16. The number of benzene rings is 1. The molecular formula is C14H20BrNO4S. The van der Waals surface area contributed by atoms with E-state index >= 15 is 0 Å². The van der Waals surface area contributed by atoms with Crippen molar-refractivity contribution in [2.75, 3.05) is 24.7 Å². The molecule has 0 bridgehead atoms. The Kier molecular flexibility index (Phi) is 6.04. The van der Waals surface area contributed by atoms with Gasteiger partial charge in [-0.05, 0) is 31.0 Å². The molecule has 0 aliphatic carbocycles. The number of ether oxygens (including phenoxy) is 1. The molecule has 1 aromatic rings. The fraction of sp³-hybridized carbons (Fsp3) is 0.571. The number of hydrogen-bond donors (Lipinski definition) is 2. The first kappa shape index (κ1) is 16.7. The second kappa shape index (κ2) is 7.58. The molecule has 21 heavy (non-hydrogen) atoms. The number of nitrogens with one attached hydrogen (secondary N) is 1. The molecule has 1 unspecified atom stereocenters. The molecule has 1 atom stereocenters. The fourth-order valence-electron chi connectivity index (χ4n) is 2.20. The molecule has 1 saturated heterocycles. The average molecular weight is 378 g/mol. The molecule has 1 aliphatic heterocycles. The van der Waals surface area contributed by atoms with Gasteiger partial charge in [0.2, 0.25) is 0 Å². The molecule has 1 heterocycles. The predicted molar refractivity (Wildman–Crippen MR) is 85.3 cm³/mol. The Bertz CT molecular complexity index is 550. The Hall–Kier alpha value is -0.630. The van der Waals surface area contributed by atoms with Crippen molar-refractivity contribution in [2.45, 2.75) is 25.0 Å². The van der Waals surface area contributed by atoms with Crippen LogP contribution in [0.15, 0.2) is 28.7 Å². The lowest BCUT2D eigenvalue weighted by Gasteiger charge is -2.24. The van der Waals surface area contributed by atoms with Crippen molar-refractivity contribution in [3.8, 4) is 5.75 Å². The molecule has 0 spiro atoms. The van der Waals surface area contributed by atoms with Crippen LogP contribution in [0.3, 0.4) is 0 Å². The number of rotatable bonds is 6. The zero-order valence-corrected chi connectivity index (χ0v) is 14.1. The zero-order valence-electron chi connectivity index (χ0n) is 11.7. The fourth-order valence-corrected chi connectivity index (χ4v) is 4.07. The Labute approximate surface area is 133 Å². The minimum Gasteiger partial charge on any atom is -0.491 e. The maximum Gasteiger partial charge on any atom is 0.150 e. The molecule has 5 nitrogen and oxygen atoms in total. The number of aliphatic hydroxyl groups is 1. The lowest BCUT2D eigenvalue weighted by atomic mass is 10.1. The first-order valence-corrected chi connectivity index (χ1v) is 9.56. The van der Waals surface area contributed by atoms with Gasteiger partial charge in [0.15, 0.2) is 0 Å². The highest BCUT2D eigenvalue weighted by atomic mass is 79.9. The van der Waals surface area contributed by atoms with Crippen molar-refractivity contribution in [3.05, 3.63) is 28.7 Å². The minimum atomic E-state index is -2.84. The van der Waals surface area contributed by atoms with Crippen LogP contribution in [-0.2, 0) is 9.84 Å². The summed E-state index contributed by atoms with van der Waals surface area (Å²) in [4.78, 5) is 0. The monoisotopic (exact) mass is 377 g/mol. The van der Waals surface area contributed by atoms with E-state index < -0.39 is 15.9 Å². The Morgan fingerprint density at radius 2 is 2.10 bits per heavy atom. The van der Waals surface area contributed by atoms with Gasteiger partial charge in [-0.25, -0.2) is 8.42 Å². The van der Waals surface area contributed by atoms with E-state index in [4.69, 9.17) is 4.74 Å². The van der Waals surface area contributed by atoms with Crippen molar-refractivity contribution in [1.29, 1.82) is 0 Å². The summed E-state index contributed by atoms with van der Waals surface area (Å²) in [5, 5.41) is 13.1. The summed E-state index contributed by atoms with van der Waals surface area (Å²) < 4.78 is 29.1. The van der Waals surface area contributed by atoms with Gasteiger partial charge < -0.3 is 15.2 Å². The maximum atomic E-state index is 11.3. The van der Waals surface area contributed by atoms with Crippen LogP contribution in [0.4, 0.5) is 0 Å². The van der Waals surface area contributed by atoms with Crippen LogP contribution in [0.2, 0.25) is 0 Å². The van der Waals surface area contributed by atoms with Gasteiger partial charge in [-0.2, -0.15) is 0 Å². The molecule has 7 heteroatoms. The van der Waals surface area contributed by atoms with Crippen molar-refractivity contribution < 1.29 is 18.3 Å². The molecule has 2 rings (SSSR count). The van der Waals surface area contributed by atoms with Crippen molar-refractivity contribution in [2.24, 2.45) is 0 Å².